The van der Waals surface area contributed by atoms with E-state index in [1.807, 2.05) is 61.2 Å². The number of allylic oxidation sites excluding steroid dienone is 4. The number of likely N-dealkylation sites (N-methyl/N-ethyl adjacent to an activating group) is 2. The lowest BCUT2D eigenvalue weighted by Gasteiger charge is -2.32. The lowest BCUT2D eigenvalue weighted by atomic mass is 9.82. The van der Waals surface area contributed by atoms with Gasteiger partial charge in [0.25, 0.3) is 5.91 Å². The molecule has 6 aromatic rings. The molecule has 2 aliphatic carbocycles. The molecule has 15 heteroatoms. The first-order valence-electron chi connectivity index (χ1n) is 26.8. The summed E-state index contributed by atoms with van der Waals surface area (Å²) in [6, 6.07) is 31.4. The summed E-state index contributed by atoms with van der Waals surface area (Å²) in [6.45, 7) is 11.9. The summed E-state index contributed by atoms with van der Waals surface area (Å²) >= 11 is 13.1. The van der Waals surface area contributed by atoms with Crippen molar-refractivity contribution >= 4 is 46.2 Å². The lowest BCUT2D eigenvalue weighted by Crippen LogP contribution is -2.47. The summed E-state index contributed by atoms with van der Waals surface area (Å²) in [4.78, 5) is 49.5. The molecular weight excluding hydrogens is 1010 g/mol. The molecule has 2 aromatic heterocycles. The van der Waals surface area contributed by atoms with Crippen molar-refractivity contribution in [1.82, 2.24) is 40.0 Å². The van der Waals surface area contributed by atoms with E-state index in [0.29, 0.717) is 33.2 Å². The van der Waals surface area contributed by atoms with Gasteiger partial charge in [-0.05, 0) is 124 Å². The molecule has 2 aliphatic heterocycles. The van der Waals surface area contributed by atoms with Gasteiger partial charge in [-0.25, -0.2) is 14.8 Å². The van der Waals surface area contributed by atoms with E-state index in [4.69, 9.17) is 42.6 Å². The molecule has 10 rings (SSSR count). The van der Waals surface area contributed by atoms with Crippen molar-refractivity contribution < 1.29 is 24.2 Å². The number of hydrogen-bond donors (Lipinski definition) is 2. The van der Waals surface area contributed by atoms with E-state index in [1.54, 1.807) is 26.4 Å². The van der Waals surface area contributed by atoms with Gasteiger partial charge >= 0.3 is 5.97 Å². The van der Waals surface area contributed by atoms with E-state index in [0.717, 1.165) is 136 Å². The van der Waals surface area contributed by atoms with E-state index in [2.05, 4.69) is 87.7 Å². The highest BCUT2D eigenvalue weighted by molar-refractivity contribution is 6.33. The SMILES string of the molecule is CN1CCNCC1.COc1nc(C)nc(C2CC=C(c3ccc(C(=O)N4CCN(C)CC4)cc3Cl)CC2)c1Cc1ccccc1.COc1nc(C)nc(C2CC=C(c3ccc(C(=O)O)cc3Cl)CC2)c1Cc1ccccc1. The van der Waals surface area contributed by atoms with Crippen LogP contribution in [0, 0.1) is 13.8 Å². The average molecular weight is 1080 g/mol. The maximum absolute atomic E-state index is 13.0. The van der Waals surface area contributed by atoms with Crippen molar-refractivity contribution in [1.29, 1.82) is 0 Å². The minimum atomic E-state index is -0.977. The highest BCUT2D eigenvalue weighted by Crippen LogP contribution is 2.42. The van der Waals surface area contributed by atoms with Gasteiger partial charge in [0.2, 0.25) is 11.8 Å². The zero-order valence-electron chi connectivity index (χ0n) is 45.3. The van der Waals surface area contributed by atoms with Crippen molar-refractivity contribution in [2.75, 3.05) is 80.7 Å². The Morgan fingerprint density at radius 3 is 1.44 bits per heavy atom. The van der Waals surface area contributed by atoms with Crippen molar-refractivity contribution in [3.8, 4) is 11.8 Å². The minimum Gasteiger partial charge on any atom is -0.481 e. The molecule has 2 saturated heterocycles. The topological polar surface area (TPSA) is 146 Å². The predicted octanol–water partition coefficient (Wildman–Crippen LogP) is 11.4. The Bertz CT molecular complexity index is 3050. The molecule has 404 valence electrons. The largest absolute Gasteiger partial charge is 0.481 e. The maximum Gasteiger partial charge on any atom is 0.335 e. The number of aromatic nitrogens is 4. The molecule has 0 spiro atoms. The van der Waals surface area contributed by atoms with Crippen molar-refractivity contribution in [2.45, 2.75) is 77.0 Å². The van der Waals surface area contributed by atoms with Crippen molar-refractivity contribution in [3.63, 3.8) is 0 Å². The van der Waals surface area contributed by atoms with Gasteiger partial charge in [-0.3, -0.25) is 4.79 Å². The number of carbonyl (C=O) groups is 2. The van der Waals surface area contributed by atoms with Gasteiger partial charge in [-0.2, -0.15) is 9.97 Å². The molecule has 2 N–H and O–H groups in total. The molecule has 0 radical (unpaired) electrons. The van der Waals surface area contributed by atoms with Gasteiger partial charge in [0, 0.05) is 104 Å². The van der Waals surface area contributed by atoms with Crippen LogP contribution >= 0.6 is 23.2 Å². The Kier molecular flexibility index (Phi) is 20.0. The maximum atomic E-state index is 13.0. The molecule has 2 unspecified atom stereocenters. The Hall–Kier alpha value is -6.48. The van der Waals surface area contributed by atoms with Crippen LogP contribution in [-0.2, 0) is 12.8 Å². The Morgan fingerprint density at radius 1 is 0.610 bits per heavy atom. The fraction of sp³-hybridized carbons (Fsp3) is 0.387. The fourth-order valence-corrected chi connectivity index (χ4v) is 11.2. The Balaban J connectivity index is 0.000000182. The zero-order chi connectivity index (χ0) is 54.4. The smallest absolute Gasteiger partial charge is 0.335 e. The van der Waals surface area contributed by atoms with Crippen LogP contribution in [-0.4, -0.2) is 132 Å². The van der Waals surface area contributed by atoms with Crippen LogP contribution in [0.25, 0.3) is 11.1 Å². The molecule has 4 heterocycles. The molecular formula is C62H72Cl2N8O5. The normalized spacial score (nSPS) is 17.9. The lowest BCUT2D eigenvalue weighted by molar-refractivity contribution is 0.0662. The number of aryl methyl sites for hydroxylation is 2. The third-order valence-electron chi connectivity index (χ3n) is 14.9. The van der Waals surface area contributed by atoms with Crippen LogP contribution in [0.4, 0.5) is 0 Å². The summed E-state index contributed by atoms with van der Waals surface area (Å²) in [5.74, 6) is 2.35. The van der Waals surface area contributed by atoms with Gasteiger partial charge in [0.1, 0.15) is 11.6 Å². The van der Waals surface area contributed by atoms with Crippen LogP contribution in [0.5, 0.6) is 11.8 Å². The number of benzene rings is 4. The molecule has 77 heavy (non-hydrogen) atoms. The summed E-state index contributed by atoms with van der Waals surface area (Å²) in [7, 11) is 7.57. The number of carbonyl (C=O) groups excluding carboxylic acids is 1. The second-order valence-corrected chi connectivity index (χ2v) is 21.2. The number of nitrogens with one attached hydrogen (secondary N) is 1. The van der Waals surface area contributed by atoms with Gasteiger partial charge in [0.05, 0.1) is 31.2 Å². The van der Waals surface area contributed by atoms with Crippen molar-refractivity contribution in [2.24, 2.45) is 0 Å². The van der Waals surface area contributed by atoms with E-state index in [9.17, 15) is 14.7 Å². The number of nitrogens with zero attached hydrogens (tertiary/aromatic N) is 7. The number of methoxy groups -OCH3 is 2. The zero-order valence-corrected chi connectivity index (χ0v) is 46.8. The van der Waals surface area contributed by atoms with Crippen LogP contribution in [0.15, 0.2) is 109 Å². The van der Waals surface area contributed by atoms with Gasteiger partial charge in [0.15, 0.2) is 0 Å². The summed E-state index contributed by atoms with van der Waals surface area (Å²) in [5, 5.41) is 13.6. The second-order valence-electron chi connectivity index (χ2n) is 20.4. The van der Waals surface area contributed by atoms with E-state index >= 15 is 0 Å². The first-order chi connectivity index (χ1) is 37.3. The molecule has 2 fully saturated rings. The number of ether oxygens (including phenoxy) is 2. The number of halogens is 2. The fourth-order valence-electron chi connectivity index (χ4n) is 10.6. The van der Waals surface area contributed by atoms with E-state index in [-0.39, 0.29) is 23.3 Å². The molecule has 0 bridgehead atoms. The molecule has 2 atom stereocenters. The number of amides is 1. The first kappa shape index (κ1) is 56.7. The van der Waals surface area contributed by atoms with Crippen LogP contribution < -0.4 is 14.8 Å². The highest BCUT2D eigenvalue weighted by atomic mass is 35.5. The Labute approximate surface area is 464 Å². The first-order valence-corrected chi connectivity index (χ1v) is 27.5. The van der Waals surface area contributed by atoms with E-state index in [1.165, 1.54) is 35.9 Å². The monoisotopic (exact) mass is 1080 g/mol. The summed E-state index contributed by atoms with van der Waals surface area (Å²) in [5.41, 5.74) is 11.8. The molecule has 4 aliphatic rings. The number of carboxylic acid groups (broad SMARTS) is 1. The molecule has 0 saturated carbocycles. The van der Waals surface area contributed by atoms with Gasteiger partial charge in [-0.15, -0.1) is 0 Å². The van der Waals surface area contributed by atoms with Gasteiger partial charge in [-0.1, -0.05) is 108 Å². The number of aromatic carboxylic acids is 1. The number of carboxylic acids is 1. The Morgan fingerprint density at radius 2 is 1.05 bits per heavy atom. The molecule has 13 nitrogen and oxygen atoms in total. The van der Waals surface area contributed by atoms with E-state index < -0.39 is 5.97 Å². The quantitative estimate of drug-likeness (QED) is 0.120. The highest BCUT2D eigenvalue weighted by Gasteiger charge is 2.28. The third-order valence-corrected chi connectivity index (χ3v) is 15.5. The predicted molar refractivity (Wildman–Crippen MR) is 308 cm³/mol. The standard InChI is InChI=1S/C31H35ClN4O2.C26H25ClN2O3.C5H12N2/c1-21-33-29(27(30(34-21)38-3)19-22-7-5-4-6-8-22)24-11-9-23(10-12-24)26-14-13-25(20-28(26)32)31(37)36-17-15-35(2)16-18-36;1-16-28-24(22(25(29-16)32-2)14-17-6-4-3-5-7-17)19-10-8-18(9-11-19)21-13-12-20(26(30)31)15-23(21)27;1-7-4-2-6-3-5-7/h4-9,13-14,20,24H,10-12,15-19H2,1-3H3;3-8,12-13,15,19H,9-11,14H2,1-2H3,(H,30,31);6H,2-5H2,1H3. The number of rotatable bonds is 12. The van der Waals surface area contributed by atoms with Crippen LogP contribution in [0.1, 0.15) is 127 Å². The van der Waals surface area contributed by atoms with Crippen LogP contribution in [0.3, 0.4) is 0 Å². The third kappa shape index (κ3) is 15.0. The summed E-state index contributed by atoms with van der Waals surface area (Å²) in [6.07, 6.45) is 11.3. The minimum absolute atomic E-state index is 0.0586. The second kappa shape index (κ2) is 27.2. The average Bonchev–Trinajstić information content (AvgIpc) is 3.45. The van der Waals surface area contributed by atoms with Crippen molar-refractivity contribution in [3.05, 3.63) is 187 Å². The number of hydrogen-bond acceptors (Lipinski definition) is 11. The van der Waals surface area contributed by atoms with Crippen LogP contribution in [0.2, 0.25) is 10.0 Å². The summed E-state index contributed by atoms with van der Waals surface area (Å²) < 4.78 is 11.3. The number of piperazine rings is 2. The molecule has 1 amide bonds. The van der Waals surface area contributed by atoms with Gasteiger partial charge < -0.3 is 34.6 Å². The molecule has 4 aromatic carbocycles.